The van der Waals surface area contributed by atoms with Gasteiger partial charge in [-0.25, -0.2) is 4.98 Å². The van der Waals surface area contributed by atoms with Gasteiger partial charge in [-0.05, 0) is 12.0 Å². The Morgan fingerprint density at radius 2 is 2.07 bits per heavy atom. The number of benzene rings is 1. The van der Waals surface area contributed by atoms with Crippen LogP contribution >= 0.6 is 0 Å². The molecule has 0 amide bonds. The Kier molecular flexibility index (Phi) is 3.18. The first-order valence-electron chi connectivity index (χ1n) is 5.46. The number of nitrogens with one attached hydrogen (secondary N) is 1. The number of aromatic amines is 1. The molecule has 2 heteroatoms. The fourth-order valence-electron chi connectivity index (χ4n) is 1.90. The lowest BCUT2D eigenvalue weighted by Crippen LogP contribution is -2.02. The molecule has 0 saturated heterocycles. The summed E-state index contributed by atoms with van der Waals surface area (Å²) in [6.07, 6.45) is 6.01. The molecule has 78 valence electrons. The fraction of sp³-hybridized carbons (Fsp3) is 0.308. The molecular formula is C13H16N2. The summed E-state index contributed by atoms with van der Waals surface area (Å²) in [6, 6.07) is 10.6. The summed E-state index contributed by atoms with van der Waals surface area (Å²) in [7, 11) is 0. The predicted molar refractivity (Wildman–Crippen MR) is 61.8 cm³/mol. The average Bonchev–Trinajstić information content (AvgIpc) is 2.80. The molecule has 2 nitrogen and oxygen atoms in total. The molecule has 2 rings (SSSR count). The van der Waals surface area contributed by atoms with Crippen molar-refractivity contribution < 1.29 is 0 Å². The van der Waals surface area contributed by atoms with Gasteiger partial charge >= 0.3 is 0 Å². The van der Waals surface area contributed by atoms with Crippen LogP contribution in [0.2, 0.25) is 0 Å². The molecule has 1 N–H and O–H groups in total. The molecule has 1 aromatic heterocycles. The van der Waals surface area contributed by atoms with Crippen LogP contribution in [0.3, 0.4) is 0 Å². The van der Waals surface area contributed by atoms with Crippen LogP contribution in [-0.2, 0) is 0 Å². The van der Waals surface area contributed by atoms with Gasteiger partial charge in [-0.3, -0.25) is 0 Å². The number of rotatable bonds is 4. The van der Waals surface area contributed by atoms with Gasteiger partial charge in [0.2, 0.25) is 0 Å². The minimum Gasteiger partial charge on any atom is -0.348 e. The Labute approximate surface area is 90.4 Å². The van der Waals surface area contributed by atoms with Crippen LogP contribution in [0.15, 0.2) is 42.7 Å². The van der Waals surface area contributed by atoms with Gasteiger partial charge in [0.1, 0.15) is 5.82 Å². The lowest BCUT2D eigenvalue weighted by atomic mass is 9.94. The molecule has 2 aromatic rings. The van der Waals surface area contributed by atoms with Gasteiger partial charge in [-0.15, -0.1) is 0 Å². The quantitative estimate of drug-likeness (QED) is 0.805. The highest BCUT2D eigenvalue weighted by Crippen LogP contribution is 2.26. The van der Waals surface area contributed by atoms with E-state index in [1.165, 1.54) is 12.0 Å². The first-order valence-corrected chi connectivity index (χ1v) is 5.46. The van der Waals surface area contributed by atoms with Crippen LogP contribution < -0.4 is 0 Å². The number of imidazole rings is 1. The zero-order chi connectivity index (χ0) is 10.5. The minimum atomic E-state index is 0.409. The summed E-state index contributed by atoms with van der Waals surface area (Å²) < 4.78 is 0. The van der Waals surface area contributed by atoms with Crippen molar-refractivity contribution in [1.29, 1.82) is 0 Å². The van der Waals surface area contributed by atoms with E-state index in [9.17, 15) is 0 Å². The highest BCUT2D eigenvalue weighted by atomic mass is 14.9. The summed E-state index contributed by atoms with van der Waals surface area (Å²) in [6.45, 7) is 2.21. The van der Waals surface area contributed by atoms with Crippen molar-refractivity contribution in [3.05, 3.63) is 54.1 Å². The maximum Gasteiger partial charge on any atom is 0.113 e. The lowest BCUT2D eigenvalue weighted by Gasteiger charge is -2.13. The van der Waals surface area contributed by atoms with E-state index in [-0.39, 0.29) is 0 Å². The molecule has 1 heterocycles. The fourth-order valence-corrected chi connectivity index (χ4v) is 1.90. The number of aromatic nitrogens is 2. The molecule has 0 radical (unpaired) electrons. The van der Waals surface area contributed by atoms with Crippen LogP contribution in [0.5, 0.6) is 0 Å². The Morgan fingerprint density at radius 1 is 1.27 bits per heavy atom. The molecule has 1 atom stereocenters. The van der Waals surface area contributed by atoms with E-state index in [1.807, 2.05) is 12.4 Å². The monoisotopic (exact) mass is 200 g/mol. The topological polar surface area (TPSA) is 28.7 Å². The number of H-pyrrole nitrogens is 1. The zero-order valence-electron chi connectivity index (χ0n) is 8.98. The van der Waals surface area contributed by atoms with Gasteiger partial charge in [0, 0.05) is 18.3 Å². The van der Waals surface area contributed by atoms with Crippen LogP contribution in [0.1, 0.15) is 37.1 Å². The SMILES string of the molecule is CCCC(c1ccccc1)c1ncc[nH]1. The third kappa shape index (κ3) is 2.27. The van der Waals surface area contributed by atoms with Crippen molar-refractivity contribution in [3.63, 3.8) is 0 Å². The van der Waals surface area contributed by atoms with Crippen molar-refractivity contribution >= 4 is 0 Å². The van der Waals surface area contributed by atoms with Crippen molar-refractivity contribution in [2.75, 3.05) is 0 Å². The average molecular weight is 200 g/mol. The summed E-state index contributed by atoms with van der Waals surface area (Å²) >= 11 is 0. The van der Waals surface area contributed by atoms with E-state index >= 15 is 0 Å². The molecule has 1 aromatic carbocycles. The van der Waals surface area contributed by atoms with Crippen LogP contribution in [0.4, 0.5) is 0 Å². The second kappa shape index (κ2) is 4.78. The Hall–Kier alpha value is -1.57. The van der Waals surface area contributed by atoms with E-state index in [4.69, 9.17) is 0 Å². The molecule has 0 aliphatic heterocycles. The van der Waals surface area contributed by atoms with E-state index in [0.29, 0.717) is 5.92 Å². The molecular weight excluding hydrogens is 184 g/mol. The largest absolute Gasteiger partial charge is 0.348 e. The van der Waals surface area contributed by atoms with Gasteiger partial charge in [0.25, 0.3) is 0 Å². The van der Waals surface area contributed by atoms with Crippen molar-refractivity contribution in [2.24, 2.45) is 0 Å². The molecule has 1 unspecified atom stereocenters. The third-order valence-corrected chi connectivity index (χ3v) is 2.63. The van der Waals surface area contributed by atoms with Crippen molar-refractivity contribution in [2.45, 2.75) is 25.7 Å². The lowest BCUT2D eigenvalue weighted by molar-refractivity contribution is 0.666. The molecule has 0 saturated carbocycles. The van der Waals surface area contributed by atoms with Crippen LogP contribution in [0, 0.1) is 0 Å². The molecule has 0 aliphatic carbocycles. The van der Waals surface area contributed by atoms with Gasteiger partial charge < -0.3 is 4.98 Å². The van der Waals surface area contributed by atoms with E-state index in [1.54, 1.807) is 0 Å². The maximum atomic E-state index is 4.36. The Bertz CT molecular complexity index is 378. The number of nitrogens with zero attached hydrogens (tertiary/aromatic N) is 1. The normalized spacial score (nSPS) is 12.6. The van der Waals surface area contributed by atoms with Crippen LogP contribution in [0.25, 0.3) is 0 Å². The number of hydrogen-bond acceptors (Lipinski definition) is 1. The highest BCUT2D eigenvalue weighted by Gasteiger charge is 2.14. The second-order valence-electron chi connectivity index (χ2n) is 3.73. The highest BCUT2D eigenvalue weighted by molar-refractivity contribution is 5.25. The third-order valence-electron chi connectivity index (χ3n) is 2.63. The van der Waals surface area contributed by atoms with Gasteiger partial charge in [-0.1, -0.05) is 43.7 Å². The van der Waals surface area contributed by atoms with E-state index in [0.717, 1.165) is 12.2 Å². The zero-order valence-corrected chi connectivity index (χ0v) is 8.98. The summed E-state index contributed by atoms with van der Waals surface area (Å²) in [4.78, 5) is 7.57. The number of hydrogen-bond donors (Lipinski definition) is 1. The Balaban J connectivity index is 2.28. The van der Waals surface area contributed by atoms with E-state index in [2.05, 4.69) is 47.2 Å². The van der Waals surface area contributed by atoms with Crippen molar-refractivity contribution in [1.82, 2.24) is 9.97 Å². The first-order chi connectivity index (χ1) is 7.42. The summed E-state index contributed by atoms with van der Waals surface area (Å²) in [5.41, 5.74) is 1.34. The van der Waals surface area contributed by atoms with Gasteiger partial charge in [0.05, 0.1) is 0 Å². The van der Waals surface area contributed by atoms with Crippen LogP contribution in [-0.4, -0.2) is 9.97 Å². The maximum absolute atomic E-state index is 4.36. The Morgan fingerprint density at radius 3 is 2.67 bits per heavy atom. The molecule has 0 aliphatic rings. The van der Waals surface area contributed by atoms with Gasteiger partial charge in [-0.2, -0.15) is 0 Å². The predicted octanol–water partition coefficient (Wildman–Crippen LogP) is 3.34. The molecule has 0 bridgehead atoms. The molecule has 0 fully saturated rings. The molecule has 0 spiro atoms. The minimum absolute atomic E-state index is 0.409. The summed E-state index contributed by atoms with van der Waals surface area (Å²) in [5, 5.41) is 0. The standard InChI is InChI=1S/C13H16N2/c1-2-6-12(13-14-9-10-15-13)11-7-4-3-5-8-11/h3-5,7-10,12H,2,6H2,1H3,(H,14,15). The molecule has 15 heavy (non-hydrogen) atoms. The summed E-state index contributed by atoms with van der Waals surface area (Å²) in [5.74, 6) is 1.48. The smallest absolute Gasteiger partial charge is 0.113 e. The second-order valence-corrected chi connectivity index (χ2v) is 3.73. The van der Waals surface area contributed by atoms with E-state index < -0.39 is 0 Å². The first kappa shape index (κ1) is 9.97. The van der Waals surface area contributed by atoms with Crippen molar-refractivity contribution in [3.8, 4) is 0 Å². The van der Waals surface area contributed by atoms with Gasteiger partial charge in [0.15, 0.2) is 0 Å².